The second-order valence-electron chi connectivity index (χ2n) is 5.46. The van der Waals surface area contributed by atoms with Crippen molar-refractivity contribution in [2.75, 3.05) is 13.2 Å². The van der Waals surface area contributed by atoms with Gasteiger partial charge in [-0.15, -0.1) is 0 Å². The minimum absolute atomic E-state index is 0.0290. The second kappa shape index (κ2) is 6.01. The quantitative estimate of drug-likeness (QED) is 0.853. The largest absolute Gasteiger partial charge is 0.395 e. The summed E-state index contributed by atoms with van der Waals surface area (Å²) in [7, 11) is 0. The molecule has 4 heteroatoms. The van der Waals surface area contributed by atoms with E-state index in [1.54, 1.807) is 0 Å². The molecule has 4 nitrogen and oxygen atoms in total. The molecule has 3 atom stereocenters. The number of benzene rings is 1. The predicted molar refractivity (Wildman–Crippen MR) is 73.8 cm³/mol. The highest BCUT2D eigenvalue weighted by atomic mass is 16.7. The van der Waals surface area contributed by atoms with E-state index in [0.717, 1.165) is 0 Å². The maximum Gasteiger partial charge on any atom is 0.163 e. The Morgan fingerprint density at radius 1 is 1.37 bits per heavy atom. The van der Waals surface area contributed by atoms with Gasteiger partial charge in [-0.1, -0.05) is 30.3 Å². The van der Waals surface area contributed by atoms with Crippen LogP contribution in [0.5, 0.6) is 0 Å². The van der Waals surface area contributed by atoms with Gasteiger partial charge < -0.3 is 19.9 Å². The van der Waals surface area contributed by atoms with Crippen LogP contribution in [0.15, 0.2) is 30.3 Å². The molecule has 0 amide bonds. The molecule has 1 aromatic rings. The molecule has 2 N–H and O–H groups in total. The van der Waals surface area contributed by atoms with Crippen LogP contribution in [-0.2, 0) is 9.47 Å². The molecule has 1 aromatic carbocycles. The third kappa shape index (κ3) is 3.76. The first-order valence-electron chi connectivity index (χ1n) is 6.75. The van der Waals surface area contributed by atoms with E-state index in [0.29, 0.717) is 6.61 Å². The molecule has 1 fully saturated rings. The predicted octanol–water partition coefficient (Wildman–Crippen LogP) is 1.85. The smallest absolute Gasteiger partial charge is 0.163 e. The first-order valence-corrected chi connectivity index (χ1v) is 6.75. The summed E-state index contributed by atoms with van der Waals surface area (Å²) in [5.74, 6) is -0.560. The number of aliphatic hydroxyl groups is 1. The van der Waals surface area contributed by atoms with Crippen molar-refractivity contribution in [1.82, 2.24) is 5.32 Å². The van der Waals surface area contributed by atoms with Gasteiger partial charge in [0.1, 0.15) is 6.10 Å². The van der Waals surface area contributed by atoms with E-state index in [4.69, 9.17) is 9.47 Å². The summed E-state index contributed by atoms with van der Waals surface area (Å²) in [5.41, 5.74) is 1.19. The number of aliphatic hydroxyl groups excluding tert-OH is 1. The molecule has 0 bridgehead atoms. The maximum atomic E-state index is 9.55. The van der Waals surface area contributed by atoms with Crippen LogP contribution in [0.25, 0.3) is 0 Å². The van der Waals surface area contributed by atoms with Gasteiger partial charge in [-0.2, -0.15) is 0 Å². The van der Waals surface area contributed by atoms with Gasteiger partial charge in [0.25, 0.3) is 0 Å². The molecule has 0 spiro atoms. The van der Waals surface area contributed by atoms with Crippen molar-refractivity contribution in [3.63, 3.8) is 0 Å². The summed E-state index contributed by atoms with van der Waals surface area (Å²) in [6.07, 6.45) is -0.119. The average Bonchev–Trinajstić information content (AvgIpc) is 2.77. The summed E-state index contributed by atoms with van der Waals surface area (Å²) in [5, 5.41) is 13.0. The van der Waals surface area contributed by atoms with Gasteiger partial charge in [0.05, 0.1) is 19.3 Å². The van der Waals surface area contributed by atoms with Crippen LogP contribution in [0, 0.1) is 0 Å². The zero-order valence-corrected chi connectivity index (χ0v) is 11.8. The lowest BCUT2D eigenvalue weighted by atomic mass is 10.1. The minimum atomic E-state index is -0.560. The molecule has 19 heavy (non-hydrogen) atoms. The Morgan fingerprint density at radius 3 is 2.58 bits per heavy atom. The fraction of sp³-hybridized carbons (Fsp3) is 0.600. The lowest BCUT2D eigenvalue weighted by Gasteiger charge is -2.27. The molecule has 0 aliphatic carbocycles. The van der Waals surface area contributed by atoms with Crippen LogP contribution >= 0.6 is 0 Å². The zero-order chi connectivity index (χ0) is 13.9. The van der Waals surface area contributed by atoms with Crippen LogP contribution in [-0.4, -0.2) is 36.3 Å². The third-order valence-corrected chi connectivity index (χ3v) is 3.44. The SMILES string of the molecule is C[C@H](N[C@H](CO)[C@H]1COC(C)(C)O1)c1ccccc1. The zero-order valence-electron chi connectivity index (χ0n) is 11.8. The van der Waals surface area contributed by atoms with Crippen LogP contribution in [0.3, 0.4) is 0 Å². The fourth-order valence-electron chi connectivity index (χ4n) is 2.35. The van der Waals surface area contributed by atoms with Gasteiger partial charge in [0.15, 0.2) is 5.79 Å². The number of ether oxygens (including phenoxy) is 2. The molecule has 0 radical (unpaired) electrons. The molecule has 2 rings (SSSR count). The van der Waals surface area contributed by atoms with Gasteiger partial charge in [0.2, 0.25) is 0 Å². The van der Waals surface area contributed by atoms with E-state index >= 15 is 0 Å². The van der Waals surface area contributed by atoms with E-state index < -0.39 is 5.79 Å². The first kappa shape index (κ1) is 14.5. The Kier molecular flexibility index (Phi) is 4.58. The highest BCUT2D eigenvalue weighted by Crippen LogP contribution is 2.25. The number of rotatable bonds is 5. The molecule has 1 aliphatic rings. The first-order chi connectivity index (χ1) is 9.02. The second-order valence-corrected chi connectivity index (χ2v) is 5.46. The van der Waals surface area contributed by atoms with Gasteiger partial charge in [0, 0.05) is 6.04 Å². The number of hydrogen-bond acceptors (Lipinski definition) is 4. The molecule has 0 aromatic heterocycles. The van der Waals surface area contributed by atoms with E-state index in [1.165, 1.54) is 5.56 Å². The molecule has 0 saturated carbocycles. The van der Waals surface area contributed by atoms with E-state index in [9.17, 15) is 5.11 Å². The summed E-state index contributed by atoms with van der Waals surface area (Å²) >= 11 is 0. The van der Waals surface area contributed by atoms with Crippen molar-refractivity contribution < 1.29 is 14.6 Å². The summed E-state index contributed by atoms with van der Waals surface area (Å²) < 4.78 is 11.3. The average molecular weight is 265 g/mol. The fourth-order valence-corrected chi connectivity index (χ4v) is 2.35. The van der Waals surface area contributed by atoms with Crippen molar-refractivity contribution in [1.29, 1.82) is 0 Å². The molecular weight excluding hydrogens is 242 g/mol. The Morgan fingerprint density at radius 2 is 2.05 bits per heavy atom. The standard InChI is InChI=1S/C15H23NO3/c1-11(12-7-5-4-6-8-12)16-13(9-17)14-10-18-15(2,3)19-14/h4-8,11,13-14,16-17H,9-10H2,1-3H3/t11-,13+,14+/m0/s1. The van der Waals surface area contributed by atoms with Crippen molar-refractivity contribution in [3.05, 3.63) is 35.9 Å². The van der Waals surface area contributed by atoms with Crippen LogP contribution in [0.4, 0.5) is 0 Å². The van der Waals surface area contributed by atoms with E-state index in [2.05, 4.69) is 24.4 Å². The molecule has 106 valence electrons. The molecular formula is C15H23NO3. The Hall–Kier alpha value is -0.940. The monoisotopic (exact) mass is 265 g/mol. The lowest BCUT2D eigenvalue weighted by molar-refractivity contribution is -0.143. The molecule has 1 saturated heterocycles. The third-order valence-electron chi connectivity index (χ3n) is 3.44. The summed E-state index contributed by atoms with van der Waals surface area (Å²) in [6, 6.07) is 10.2. The normalized spacial score (nSPS) is 25.2. The van der Waals surface area contributed by atoms with Gasteiger partial charge in [-0.25, -0.2) is 0 Å². The van der Waals surface area contributed by atoms with E-state index in [1.807, 2.05) is 32.0 Å². The van der Waals surface area contributed by atoms with Gasteiger partial charge >= 0.3 is 0 Å². The van der Waals surface area contributed by atoms with Crippen LogP contribution in [0.1, 0.15) is 32.4 Å². The van der Waals surface area contributed by atoms with Gasteiger partial charge in [-0.3, -0.25) is 0 Å². The van der Waals surface area contributed by atoms with Crippen molar-refractivity contribution in [2.24, 2.45) is 0 Å². The number of hydrogen-bond donors (Lipinski definition) is 2. The Balaban J connectivity index is 1.96. The number of nitrogens with one attached hydrogen (secondary N) is 1. The van der Waals surface area contributed by atoms with Crippen LogP contribution in [0.2, 0.25) is 0 Å². The lowest BCUT2D eigenvalue weighted by Crippen LogP contribution is -2.45. The van der Waals surface area contributed by atoms with Crippen LogP contribution < -0.4 is 5.32 Å². The highest BCUT2D eigenvalue weighted by Gasteiger charge is 2.37. The summed E-state index contributed by atoms with van der Waals surface area (Å²) in [6.45, 7) is 6.40. The minimum Gasteiger partial charge on any atom is -0.395 e. The molecule has 0 unspecified atom stereocenters. The molecule has 1 heterocycles. The Bertz CT molecular complexity index is 394. The van der Waals surface area contributed by atoms with Gasteiger partial charge in [-0.05, 0) is 26.3 Å². The molecule has 1 aliphatic heterocycles. The highest BCUT2D eigenvalue weighted by molar-refractivity contribution is 5.18. The van der Waals surface area contributed by atoms with Crippen molar-refractivity contribution >= 4 is 0 Å². The summed E-state index contributed by atoms with van der Waals surface area (Å²) in [4.78, 5) is 0. The maximum absolute atomic E-state index is 9.55. The topological polar surface area (TPSA) is 50.7 Å². The Labute approximate surface area is 114 Å². The van der Waals surface area contributed by atoms with Crippen molar-refractivity contribution in [2.45, 2.75) is 44.7 Å². The van der Waals surface area contributed by atoms with Crippen molar-refractivity contribution in [3.8, 4) is 0 Å². The van der Waals surface area contributed by atoms with E-state index in [-0.39, 0.29) is 24.8 Å².